The number of benzene rings is 1. The second kappa shape index (κ2) is 8.04. The lowest BCUT2D eigenvalue weighted by molar-refractivity contribution is 0.317. The Bertz CT molecular complexity index is 565. The molecule has 21 heavy (non-hydrogen) atoms. The van der Waals surface area contributed by atoms with Gasteiger partial charge in [0.1, 0.15) is 5.75 Å². The first-order valence-electron chi connectivity index (χ1n) is 7.06. The van der Waals surface area contributed by atoms with Gasteiger partial charge in [0.2, 0.25) is 0 Å². The zero-order valence-corrected chi connectivity index (χ0v) is 12.2. The smallest absolute Gasteiger partial charge is 0.119 e. The number of aromatic nitrogens is 1. The minimum Gasteiger partial charge on any atom is -0.493 e. The lowest BCUT2D eigenvalue weighted by Gasteiger charge is -2.07. The predicted molar refractivity (Wildman–Crippen MR) is 83.1 cm³/mol. The van der Waals surface area contributed by atoms with Crippen molar-refractivity contribution in [2.45, 2.75) is 26.2 Å². The van der Waals surface area contributed by atoms with Crippen molar-refractivity contribution in [1.82, 2.24) is 4.98 Å². The zero-order chi connectivity index (χ0) is 14.9. The molecule has 0 aliphatic heterocycles. The molecule has 0 radical (unpaired) electrons. The Kier molecular flexibility index (Phi) is 5.76. The molecular weight excluding hydrogens is 264 g/mol. The minimum atomic E-state index is 0.652. The van der Waals surface area contributed by atoms with Crippen LogP contribution in [0.4, 0.5) is 0 Å². The summed E-state index contributed by atoms with van der Waals surface area (Å²) in [5.74, 6) is 0.875. The summed E-state index contributed by atoms with van der Waals surface area (Å²) in [5.41, 5.74) is 3.17. The third-order valence-electron chi connectivity index (χ3n) is 3.28. The highest BCUT2D eigenvalue weighted by atomic mass is 16.5. The summed E-state index contributed by atoms with van der Waals surface area (Å²) in [5, 5.41) is 11.8. The van der Waals surface area contributed by atoms with Crippen molar-refractivity contribution in [1.29, 1.82) is 0 Å². The van der Waals surface area contributed by atoms with Gasteiger partial charge < -0.3 is 9.94 Å². The largest absolute Gasteiger partial charge is 0.493 e. The van der Waals surface area contributed by atoms with Crippen LogP contribution in [0.3, 0.4) is 0 Å². The number of hydrogen-bond acceptors (Lipinski definition) is 4. The predicted octanol–water partition coefficient (Wildman–Crippen LogP) is 3.49. The van der Waals surface area contributed by atoms with Crippen LogP contribution in [0.15, 0.2) is 53.9 Å². The Morgan fingerprint density at radius 1 is 1.05 bits per heavy atom. The van der Waals surface area contributed by atoms with Gasteiger partial charge in [0.05, 0.1) is 12.3 Å². The molecule has 2 rings (SSSR count). The monoisotopic (exact) mass is 284 g/mol. The molecule has 0 bridgehead atoms. The minimum absolute atomic E-state index is 0.652. The molecule has 4 nitrogen and oxygen atoms in total. The topological polar surface area (TPSA) is 54.7 Å². The van der Waals surface area contributed by atoms with Gasteiger partial charge in [-0.2, -0.15) is 0 Å². The fraction of sp³-hybridized carbons (Fsp3) is 0.294. The SMILES string of the molecule is C/C(CCc1ccc(OCCc2ccncc2)cc1)=N\O. The molecule has 0 saturated carbocycles. The fourth-order valence-electron chi connectivity index (χ4n) is 1.96. The van der Waals surface area contributed by atoms with E-state index < -0.39 is 0 Å². The van der Waals surface area contributed by atoms with Gasteiger partial charge >= 0.3 is 0 Å². The van der Waals surface area contributed by atoms with E-state index in [0.29, 0.717) is 6.61 Å². The molecule has 1 aromatic carbocycles. The fourth-order valence-corrected chi connectivity index (χ4v) is 1.96. The molecule has 110 valence electrons. The first kappa shape index (κ1) is 15.0. The van der Waals surface area contributed by atoms with Gasteiger partial charge in [-0.1, -0.05) is 17.3 Å². The third-order valence-corrected chi connectivity index (χ3v) is 3.28. The van der Waals surface area contributed by atoms with Crippen molar-refractivity contribution in [2.75, 3.05) is 6.61 Å². The molecule has 0 amide bonds. The van der Waals surface area contributed by atoms with E-state index in [0.717, 1.165) is 30.7 Å². The summed E-state index contributed by atoms with van der Waals surface area (Å²) >= 11 is 0. The molecule has 0 aliphatic rings. The van der Waals surface area contributed by atoms with E-state index in [2.05, 4.69) is 10.1 Å². The van der Waals surface area contributed by atoms with Crippen LogP contribution in [0.2, 0.25) is 0 Å². The quantitative estimate of drug-likeness (QED) is 0.481. The Balaban J connectivity index is 1.77. The first-order valence-corrected chi connectivity index (χ1v) is 7.06. The summed E-state index contributed by atoms with van der Waals surface area (Å²) in [7, 11) is 0. The van der Waals surface area contributed by atoms with E-state index >= 15 is 0 Å². The van der Waals surface area contributed by atoms with E-state index in [1.807, 2.05) is 43.3 Å². The van der Waals surface area contributed by atoms with Crippen molar-refractivity contribution in [3.05, 3.63) is 59.9 Å². The number of oxime groups is 1. The Morgan fingerprint density at radius 2 is 1.71 bits per heavy atom. The van der Waals surface area contributed by atoms with E-state index in [4.69, 9.17) is 9.94 Å². The molecule has 0 fully saturated rings. The van der Waals surface area contributed by atoms with Gasteiger partial charge in [0.15, 0.2) is 0 Å². The molecule has 0 spiro atoms. The van der Waals surface area contributed by atoms with Gasteiger partial charge in [0.25, 0.3) is 0 Å². The van der Waals surface area contributed by atoms with Crippen molar-refractivity contribution in [2.24, 2.45) is 5.16 Å². The lowest BCUT2D eigenvalue weighted by Crippen LogP contribution is -2.01. The standard InChI is InChI=1S/C17H20N2O2/c1-14(19-20)2-3-15-4-6-17(7-5-15)21-13-10-16-8-11-18-12-9-16/h4-9,11-12,20H,2-3,10,13H2,1H3/b19-14+. The highest BCUT2D eigenvalue weighted by molar-refractivity contribution is 5.81. The molecular formula is C17H20N2O2. The van der Waals surface area contributed by atoms with Gasteiger partial charge in [-0.25, -0.2) is 0 Å². The summed E-state index contributed by atoms with van der Waals surface area (Å²) in [6.45, 7) is 2.47. The molecule has 0 aliphatic carbocycles. The first-order chi connectivity index (χ1) is 10.3. The van der Waals surface area contributed by atoms with Gasteiger partial charge in [-0.15, -0.1) is 0 Å². The number of rotatable bonds is 7. The number of ether oxygens (including phenoxy) is 1. The highest BCUT2D eigenvalue weighted by Crippen LogP contribution is 2.14. The van der Waals surface area contributed by atoms with Crippen LogP contribution in [0.1, 0.15) is 24.5 Å². The van der Waals surface area contributed by atoms with Gasteiger partial charge in [-0.05, 0) is 55.2 Å². The highest BCUT2D eigenvalue weighted by Gasteiger charge is 1.99. The third kappa shape index (κ3) is 5.26. The van der Waals surface area contributed by atoms with Crippen LogP contribution >= 0.6 is 0 Å². The summed E-state index contributed by atoms with van der Waals surface area (Å²) in [4.78, 5) is 3.99. The maximum absolute atomic E-state index is 8.61. The summed E-state index contributed by atoms with van der Waals surface area (Å²) < 4.78 is 5.73. The van der Waals surface area contributed by atoms with Crippen molar-refractivity contribution >= 4 is 5.71 Å². The van der Waals surface area contributed by atoms with E-state index in [9.17, 15) is 0 Å². The van der Waals surface area contributed by atoms with Crippen LogP contribution in [0.5, 0.6) is 5.75 Å². The van der Waals surface area contributed by atoms with Crippen LogP contribution < -0.4 is 4.74 Å². The molecule has 0 unspecified atom stereocenters. The molecule has 1 heterocycles. The van der Waals surface area contributed by atoms with Crippen molar-refractivity contribution in [3.8, 4) is 5.75 Å². The molecule has 1 aromatic heterocycles. The second-order valence-electron chi connectivity index (χ2n) is 4.93. The molecule has 0 saturated heterocycles. The van der Waals surface area contributed by atoms with E-state index in [1.54, 1.807) is 12.4 Å². The maximum atomic E-state index is 8.61. The van der Waals surface area contributed by atoms with Crippen LogP contribution in [0, 0.1) is 0 Å². The maximum Gasteiger partial charge on any atom is 0.119 e. The lowest BCUT2D eigenvalue weighted by atomic mass is 10.1. The number of pyridine rings is 1. The summed E-state index contributed by atoms with van der Waals surface area (Å²) in [6, 6.07) is 12.1. The Morgan fingerprint density at radius 3 is 2.38 bits per heavy atom. The van der Waals surface area contributed by atoms with Crippen LogP contribution in [-0.4, -0.2) is 22.5 Å². The second-order valence-corrected chi connectivity index (χ2v) is 4.93. The van der Waals surface area contributed by atoms with Crippen LogP contribution in [-0.2, 0) is 12.8 Å². The normalized spacial score (nSPS) is 11.4. The Hall–Kier alpha value is -2.36. The molecule has 2 aromatic rings. The number of hydrogen-bond donors (Lipinski definition) is 1. The van der Waals surface area contributed by atoms with Gasteiger partial charge in [-0.3, -0.25) is 4.98 Å². The van der Waals surface area contributed by atoms with Gasteiger partial charge in [0, 0.05) is 18.8 Å². The number of aryl methyl sites for hydroxylation is 1. The van der Waals surface area contributed by atoms with E-state index in [1.165, 1.54) is 11.1 Å². The average Bonchev–Trinajstić information content (AvgIpc) is 2.55. The van der Waals surface area contributed by atoms with E-state index in [-0.39, 0.29) is 0 Å². The molecule has 4 heteroatoms. The summed E-state index contributed by atoms with van der Waals surface area (Å²) in [6.07, 6.45) is 6.09. The van der Waals surface area contributed by atoms with Crippen molar-refractivity contribution in [3.63, 3.8) is 0 Å². The molecule has 1 N–H and O–H groups in total. The Labute approximate surface area is 125 Å². The molecule has 0 atom stereocenters. The van der Waals surface area contributed by atoms with Crippen LogP contribution in [0.25, 0.3) is 0 Å². The zero-order valence-electron chi connectivity index (χ0n) is 12.2. The number of nitrogens with zero attached hydrogens (tertiary/aromatic N) is 2. The average molecular weight is 284 g/mol. The van der Waals surface area contributed by atoms with Crippen molar-refractivity contribution < 1.29 is 9.94 Å².